The van der Waals surface area contributed by atoms with Gasteiger partial charge in [-0.05, 0) is 79.4 Å². The molecule has 4 fully saturated rings. The van der Waals surface area contributed by atoms with E-state index in [0.717, 1.165) is 57.1 Å². The number of thiazole rings is 1. The van der Waals surface area contributed by atoms with E-state index in [1.54, 1.807) is 26.0 Å². The highest BCUT2D eigenvalue weighted by atomic mass is 32.2. The van der Waals surface area contributed by atoms with E-state index in [2.05, 4.69) is 15.7 Å². The highest BCUT2D eigenvalue weighted by molar-refractivity contribution is 7.97. The minimum Gasteiger partial charge on any atom is -0.497 e. The van der Waals surface area contributed by atoms with Gasteiger partial charge in [0.1, 0.15) is 11.5 Å². The molecule has 4 bridgehead atoms. The number of amides is 1. The van der Waals surface area contributed by atoms with Gasteiger partial charge in [-0.15, -0.1) is 11.3 Å². The molecular formula is C25H32N2O3S2. The van der Waals surface area contributed by atoms with Crippen LogP contribution in [0.1, 0.15) is 56.2 Å². The standard InChI is InChI=1S/C25H32N2O3S2/c1-29-21-6-19(7-22(8-21)30-2)13-31-14-20-15-32-24(26-20)27-23(28)12-25-9-16-3-17(10-25)5-18(4-16)11-25/h6-8,15-18H,3-5,9-14H2,1-2H3,(H,26,27,28). The summed E-state index contributed by atoms with van der Waals surface area (Å²) in [6.07, 6.45) is 8.71. The molecule has 2 aromatic rings. The van der Waals surface area contributed by atoms with Crippen LogP contribution in [0, 0.1) is 23.2 Å². The molecule has 0 radical (unpaired) electrons. The van der Waals surface area contributed by atoms with Crippen molar-refractivity contribution < 1.29 is 14.3 Å². The number of carbonyl (C=O) groups excluding carboxylic acids is 1. The first-order chi connectivity index (χ1) is 15.5. The topological polar surface area (TPSA) is 60.5 Å². The van der Waals surface area contributed by atoms with Gasteiger partial charge in [0.05, 0.1) is 19.9 Å². The van der Waals surface area contributed by atoms with Crippen molar-refractivity contribution >= 4 is 34.1 Å². The first kappa shape index (κ1) is 22.1. The Kier molecular flexibility index (Phi) is 6.39. The number of hydrogen-bond acceptors (Lipinski definition) is 6. The molecule has 172 valence electrons. The van der Waals surface area contributed by atoms with Crippen LogP contribution >= 0.6 is 23.1 Å². The van der Waals surface area contributed by atoms with Crippen molar-refractivity contribution in [3.05, 3.63) is 34.8 Å². The molecular weight excluding hydrogens is 440 g/mol. The van der Waals surface area contributed by atoms with Crippen molar-refractivity contribution in [3.8, 4) is 11.5 Å². The molecule has 4 saturated carbocycles. The Bertz CT molecular complexity index is 916. The number of benzene rings is 1. The van der Waals surface area contributed by atoms with E-state index in [1.165, 1.54) is 49.9 Å². The fourth-order valence-electron chi connectivity index (χ4n) is 6.66. The van der Waals surface area contributed by atoms with Gasteiger partial charge in [0.25, 0.3) is 0 Å². The third kappa shape index (κ3) is 4.93. The first-order valence-corrected chi connectivity index (χ1v) is 13.6. The largest absolute Gasteiger partial charge is 0.497 e. The van der Waals surface area contributed by atoms with Gasteiger partial charge in [0.15, 0.2) is 5.13 Å². The van der Waals surface area contributed by atoms with Gasteiger partial charge in [-0.1, -0.05) is 0 Å². The molecule has 1 amide bonds. The highest BCUT2D eigenvalue weighted by Gasteiger charge is 2.51. The molecule has 7 heteroatoms. The van der Waals surface area contributed by atoms with E-state index in [-0.39, 0.29) is 11.3 Å². The van der Waals surface area contributed by atoms with Crippen LogP contribution in [0.4, 0.5) is 5.13 Å². The Balaban J connectivity index is 1.12. The lowest BCUT2D eigenvalue weighted by Gasteiger charge is -2.56. The molecule has 0 saturated heterocycles. The number of carbonyl (C=O) groups is 1. The van der Waals surface area contributed by atoms with E-state index >= 15 is 0 Å². The lowest BCUT2D eigenvalue weighted by Crippen LogP contribution is -2.47. The maximum Gasteiger partial charge on any atom is 0.226 e. The smallest absolute Gasteiger partial charge is 0.226 e. The van der Waals surface area contributed by atoms with Crippen molar-refractivity contribution in [3.63, 3.8) is 0 Å². The SMILES string of the molecule is COc1cc(CSCc2csc(NC(=O)CC34CC5CC(CC(C5)C3)C4)n2)cc(OC)c1. The van der Waals surface area contributed by atoms with Gasteiger partial charge in [0, 0.05) is 29.4 Å². The average molecular weight is 473 g/mol. The van der Waals surface area contributed by atoms with Crippen molar-refractivity contribution in [2.24, 2.45) is 23.2 Å². The summed E-state index contributed by atoms with van der Waals surface area (Å²) in [6.45, 7) is 0. The maximum atomic E-state index is 12.9. The number of ether oxygens (including phenoxy) is 2. The second-order valence-corrected chi connectivity index (χ2v) is 11.8. The van der Waals surface area contributed by atoms with E-state index in [0.29, 0.717) is 6.42 Å². The zero-order valence-corrected chi connectivity index (χ0v) is 20.5. The number of hydrogen-bond donors (Lipinski definition) is 1. The van der Waals surface area contributed by atoms with Crippen LogP contribution in [0.5, 0.6) is 11.5 Å². The molecule has 1 aromatic heterocycles. The molecule has 0 atom stereocenters. The van der Waals surface area contributed by atoms with E-state index in [4.69, 9.17) is 9.47 Å². The van der Waals surface area contributed by atoms with Crippen molar-refractivity contribution in [2.75, 3.05) is 19.5 Å². The van der Waals surface area contributed by atoms with E-state index < -0.39 is 0 Å². The molecule has 5 nitrogen and oxygen atoms in total. The highest BCUT2D eigenvalue weighted by Crippen LogP contribution is 2.61. The minimum absolute atomic E-state index is 0.156. The Morgan fingerprint density at radius 2 is 1.69 bits per heavy atom. The zero-order valence-electron chi connectivity index (χ0n) is 18.9. The number of methoxy groups -OCH3 is 2. The molecule has 1 heterocycles. The van der Waals surface area contributed by atoms with Gasteiger partial charge in [-0.2, -0.15) is 11.8 Å². The summed E-state index contributed by atoms with van der Waals surface area (Å²) in [4.78, 5) is 17.5. The quantitative estimate of drug-likeness (QED) is 0.475. The van der Waals surface area contributed by atoms with Crippen LogP contribution in [0.2, 0.25) is 0 Å². The summed E-state index contributed by atoms with van der Waals surface area (Å²) in [6, 6.07) is 5.95. The summed E-state index contributed by atoms with van der Waals surface area (Å²) < 4.78 is 10.7. The Hall–Kier alpha value is -1.73. The van der Waals surface area contributed by atoms with Crippen LogP contribution < -0.4 is 14.8 Å². The predicted octanol–water partition coefficient (Wildman–Crippen LogP) is 6.14. The first-order valence-electron chi connectivity index (χ1n) is 11.6. The van der Waals surface area contributed by atoms with E-state index in [1.807, 2.05) is 18.2 Å². The number of thioether (sulfide) groups is 1. The number of aromatic nitrogens is 1. The molecule has 4 aliphatic carbocycles. The maximum absolute atomic E-state index is 12.9. The van der Waals surface area contributed by atoms with Gasteiger partial charge < -0.3 is 14.8 Å². The molecule has 0 spiro atoms. The zero-order chi connectivity index (χ0) is 22.1. The third-order valence-electron chi connectivity index (χ3n) is 7.43. The Morgan fingerprint density at radius 3 is 2.28 bits per heavy atom. The number of anilines is 1. The van der Waals surface area contributed by atoms with Crippen molar-refractivity contribution in [1.82, 2.24) is 4.98 Å². The molecule has 0 aliphatic heterocycles. The average Bonchev–Trinajstić information content (AvgIpc) is 3.18. The fraction of sp³-hybridized carbons (Fsp3) is 0.600. The second-order valence-electron chi connectivity index (χ2n) is 10.0. The summed E-state index contributed by atoms with van der Waals surface area (Å²) in [7, 11) is 3.33. The molecule has 1 N–H and O–H groups in total. The lowest BCUT2D eigenvalue weighted by atomic mass is 9.49. The van der Waals surface area contributed by atoms with Gasteiger partial charge in [-0.3, -0.25) is 4.79 Å². The molecule has 4 aliphatic rings. The van der Waals surface area contributed by atoms with Crippen molar-refractivity contribution in [2.45, 2.75) is 56.5 Å². The molecule has 32 heavy (non-hydrogen) atoms. The molecule has 0 unspecified atom stereocenters. The second kappa shape index (κ2) is 9.26. The molecule has 6 rings (SSSR count). The van der Waals surface area contributed by atoms with Crippen molar-refractivity contribution in [1.29, 1.82) is 0 Å². The third-order valence-corrected chi connectivity index (χ3v) is 9.27. The number of rotatable bonds is 9. The summed E-state index contributed by atoms with van der Waals surface area (Å²) >= 11 is 3.33. The fourth-order valence-corrected chi connectivity index (χ4v) is 8.36. The van der Waals surface area contributed by atoms with Crippen LogP contribution in [-0.4, -0.2) is 25.1 Å². The normalized spacial score (nSPS) is 28.0. The van der Waals surface area contributed by atoms with Crippen LogP contribution in [-0.2, 0) is 16.3 Å². The summed E-state index contributed by atoms with van der Waals surface area (Å²) in [5.74, 6) is 6.05. The number of nitrogens with zero attached hydrogens (tertiary/aromatic N) is 1. The Labute approximate surface area is 198 Å². The predicted molar refractivity (Wildman–Crippen MR) is 131 cm³/mol. The Morgan fingerprint density at radius 1 is 1.06 bits per heavy atom. The lowest BCUT2D eigenvalue weighted by molar-refractivity contribution is -0.124. The summed E-state index contributed by atoms with van der Waals surface area (Å²) in [5, 5.41) is 5.89. The minimum atomic E-state index is 0.156. The van der Waals surface area contributed by atoms with Gasteiger partial charge in [-0.25, -0.2) is 4.98 Å². The monoisotopic (exact) mass is 472 g/mol. The summed E-state index contributed by atoms with van der Waals surface area (Å²) in [5.41, 5.74) is 2.44. The van der Waals surface area contributed by atoms with Gasteiger partial charge >= 0.3 is 0 Å². The molecule has 1 aromatic carbocycles. The van der Waals surface area contributed by atoms with E-state index in [9.17, 15) is 4.79 Å². The van der Waals surface area contributed by atoms with Gasteiger partial charge in [0.2, 0.25) is 5.91 Å². The van der Waals surface area contributed by atoms with Crippen LogP contribution in [0.25, 0.3) is 0 Å². The number of nitrogens with one attached hydrogen (secondary N) is 1. The van der Waals surface area contributed by atoms with Crippen LogP contribution in [0.3, 0.4) is 0 Å². The van der Waals surface area contributed by atoms with Crippen LogP contribution in [0.15, 0.2) is 23.6 Å².